The van der Waals surface area contributed by atoms with Crippen LogP contribution in [-0.2, 0) is 14.3 Å². The third kappa shape index (κ3) is 1.61. The molecule has 4 aliphatic rings. The van der Waals surface area contributed by atoms with Crippen molar-refractivity contribution in [3.8, 4) is 0 Å². The molecule has 0 aromatic rings. The standard InChI is InChI=1S/C18H26O3/c1-12(2)16(19)21-18(15-8-5-11-20-15)13-6-3-9-17(13)10-4-7-14(17)18/h13-15H,1,3-11H2,2H3. The van der Waals surface area contributed by atoms with Gasteiger partial charge in [0.25, 0.3) is 0 Å². The summed E-state index contributed by atoms with van der Waals surface area (Å²) in [6, 6.07) is 0. The number of carbonyl (C=O) groups is 1. The minimum absolute atomic E-state index is 0.125. The van der Waals surface area contributed by atoms with Gasteiger partial charge in [-0.25, -0.2) is 4.79 Å². The maximum absolute atomic E-state index is 12.3. The Morgan fingerprint density at radius 3 is 2.33 bits per heavy atom. The average molecular weight is 290 g/mol. The second-order valence-corrected chi connectivity index (χ2v) is 7.65. The highest BCUT2D eigenvalue weighted by Crippen LogP contribution is 2.75. The van der Waals surface area contributed by atoms with Gasteiger partial charge in [-0.2, -0.15) is 0 Å². The van der Waals surface area contributed by atoms with Crippen molar-refractivity contribution in [2.75, 3.05) is 6.61 Å². The van der Waals surface area contributed by atoms with E-state index < -0.39 is 0 Å². The molecule has 0 aromatic carbocycles. The van der Waals surface area contributed by atoms with Crippen LogP contribution < -0.4 is 0 Å². The molecule has 3 heteroatoms. The number of ether oxygens (including phenoxy) is 2. The highest BCUT2D eigenvalue weighted by atomic mass is 16.6. The predicted molar refractivity (Wildman–Crippen MR) is 79.7 cm³/mol. The van der Waals surface area contributed by atoms with Crippen LogP contribution >= 0.6 is 0 Å². The Bertz CT molecular complexity index is 455. The van der Waals surface area contributed by atoms with Crippen molar-refractivity contribution in [3.63, 3.8) is 0 Å². The number of rotatable bonds is 3. The van der Waals surface area contributed by atoms with E-state index >= 15 is 0 Å². The Labute approximate surface area is 127 Å². The smallest absolute Gasteiger partial charge is 0.333 e. The summed E-state index contributed by atoms with van der Waals surface area (Å²) in [6.45, 7) is 6.35. The van der Waals surface area contributed by atoms with E-state index in [9.17, 15) is 4.79 Å². The van der Waals surface area contributed by atoms with Gasteiger partial charge in [0, 0.05) is 24.0 Å². The molecule has 1 spiro atoms. The molecule has 1 aliphatic heterocycles. The monoisotopic (exact) mass is 290 g/mol. The first kappa shape index (κ1) is 13.8. The highest BCUT2D eigenvalue weighted by Gasteiger charge is 2.77. The van der Waals surface area contributed by atoms with Gasteiger partial charge in [-0.1, -0.05) is 19.4 Å². The van der Waals surface area contributed by atoms with Crippen LogP contribution in [-0.4, -0.2) is 24.3 Å². The Morgan fingerprint density at radius 2 is 1.81 bits per heavy atom. The molecule has 3 atom stereocenters. The lowest BCUT2D eigenvalue weighted by molar-refractivity contribution is -0.281. The summed E-state index contributed by atoms with van der Waals surface area (Å²) in [5.41, 5.74) is 0.654. The number of carbonyl (C=O) groups excluding carboxylic acids is 1. The third-order valence-electron chi connectivity index (χ3n) is 6.80. The van der Waals surface area contributed by atoms with Gasteiger partial charge in [0.2, 0.25) is 0 Å². The van der Waals surface area contributed by atoms with E-state index in [-0.39, 0.29) is 17.7 Å². The molecule has 0 radical (unpaired) electrons. The molecule has 4 fully saturated rings. The molecular weight excluding hydrogens is 264 g/mol. The van der Waals surface area contributed by atoms with Crippen LogP contribution in [0.5, 0.6) is 0 Å². The SMILES string of the molecule is C=C(C)C(=O)OC1(C2CCCO2)C2CCCC23CCCC31. The Balaban J connectivity index is 1.71. The van der Waals surface area contributed by atoms with E-state index in [0.29, 0.717) is 22.8 Å². The van der Waals surface area contributed by atoms with Gasteiger partial charge >= 0.3 is 5.97 Å². The topological polar surface area (TPSA) is 35.5 Å². The van der Waals surface area contributed by atoms with E-state index in [0.717, 1.165) is 19.4 Å². The zero-order valence-corrected chi connectivity index (χ0v) is 13.0. The molecule has 0 amide bonds. The van der Waals surface area contributed by atoms with Gasteiger partial charge in [-0.05, 0) is 50.9 Å². The fourth-order valence-corrected chi connectivity index (χ4v) is 6.24. The highest BCUT2D eigenvalue weighted by molar-refractivity contribution is 5.87. The molecule has 0 aromatic heterocycles. The molecule has 1 heterocycles. The van der Waals surface area contributed by atoms with Crippen LogP contribution in [0.4, 0.5) is 0 Å². The number of esters is 1. The van der Waals surface area contributed by atoms with E-state index in [2.05, 4.69) is 6.58 Å². The van der Waals surface area contributed by atoms with Gasteiger partial charge in [0.1, 0.15) is 5.60 Å². The zero-order valence-electron chi connectivity index (χ0n) is 13.0. The fourth-order valence-electron chi connectivity index (χ4n) is 6.24. The summed E-state index contributed by atoms with van der Waals surface area (Å²) in [5, 5.41) is 0. The molecular formula is C18H26O3. The molecule has 0 N–H and O–H groups in total. The van der Waals surface area contributed by atoms with Gasteiger partial charge in [-0.3, -0.25) is 0 Å². The Morgan fingerprint density at radius 1 is 1.14 bits per heavy atom. The predicted octanol–water partition coefficient (Wildman–Crippen LogP) is 3.62. The van der Waals surface area contributed by atoms with E-state index in [1.54, 1.807) is 6.92 Å². The minimum Gasteiger partial charge on any atom is -0.452 e. The maximum Gasteiger partial charge on any atom is 0.333 e. The van der Waals surface area contributed by atoms with Crippen LogP contribution in [0.2, 0.25) is 0 Å². The van der Waals surface area contributed by atoms with E-state index in [4.69, 9.17) is 9.47 Å². The summed E-state index contributed by atoms with van der Waals surface area (Å²) < 4.78 is 12.2. The van der Waals surface area contributed by atoms with Crippen LogP contribution in [0.3, 0.4) is 0 Å². The minimum atomic E-state index is -0.334. The van der Waals surface area contributed by atoms with Gasteiger partial charge in [-0.15, -0.1) is 0 Å². The van der Waals surface area contributed by atoms with Crippen LogP contribution in [0.25, 0.3) is 0 Å². The van der Waals surface area contributed by atoms with Crippen molar-refractivity contribution in [1.29, 1.82) is 0 Å². The van der Waals surface area contributed by atoms with Gasteiger partial charge < -0.3 is 9.47 Å². The molecule has 3 aliphatic carbocycles. The largest absolute Gasteiger partial charge is 0.452 e. The molecule has 21 heavy (non-hydrogen) atoms. The van der Waals surface area contributed by atoms with Gasteiger partial charge in [0.05, 0.1) is 6.10 Å². The quantitative estimate of drug-likeness (QED) is 0.588. The second kappa shape index (κ2) is 4.58. The fraction of sp³-hybridized carbons (Fsp3) is 0.833. The molecule has 0 bridgehead atoms. The summed E-state index contributed by atoms with van der Waals surface area (Å²) in [4.78, 5) is 12.3. The number of hydrogen-bond acceptors (Lipinski definition) is 3. The lowest BCUT2D eigenvalue weighted by Crippen LogP contribution is -2.72. The first-order valence-corrected chi connectivity index (χ1v) is 8.62. The molecule has 3 saturated carbocycles. The van der Waals surface area contributed by atoms with Crippen molar-refractivity contribution < 1.29 is 14.3 Å². The summed E-state index contributed by atoms with van der Waals surface area (Å²) >= 11 is 0. The molecule has 3 unspecified atom stereocenters. The third-order valence-corrected chi connectivity index (χ3v) is 6.80. The first-order valence-electron chi connectivity index (χ1n) is 8.62. The van der Waals surface area contributed by atoms with Crippen LogP contribution in [0.15, 0.2) is 12.2 Å². The van der Waals surface area contributed by atoms with Crippen molar-refractivity contribution in [2.45, 2.75) is 70.0 Å². The first-order chi connectivity index (χ1) is 10.1. The van der Waals surface area contributed by atoms with Crippen molar-refractivity contribution in [3.05, 3.63) is 12.2 Å². The maximum atomic E-state index is 12.3. The summed E-state index contributed by atoms with van der Waals surface area (Å²) in [5.74, 6) is 0.852. The van der Waals surface area contributed by atoms with Crippen LogP contribution in [0, 0.1) is 17.3 Å². The van der Waals surface area contributed by atoms with E-state index in [1.165, 1.54) is 38.5 Å². The van der Waals surface area contributed by atoms with E-state index in [1.807, 2.05) is 0 Å². The van der Waals surface area contributed by atoms with Crippen LogP contribution in [0.1, 0.15) is 58.3 Å². The lowest BCUT2D eigenvalue weighted by atomic mass is 9.45. The lowest BCUT2D eigenvalue weighted by Gasteiger charge is -2.65. The Hall–Kier alpha value is -0.830. The summed E-state index contributed by atoms with van der Waals surface area (Å²) in [7, 11) is 0. The normalized spacial score (nSPS) is 47.6. The van der Waals surface area contributed by atoms with Gasteiger partial charge in [0.15, 0.2) is 0 Å². The molecule has 3 nitrogen and oxygen atoms in total. The molecule has 116 valence electrons. The van der Waals surface area contributed by atoms with Crippen molar-refractivity contribution in [1.82, 2.24) is 0 Å². The zero-order chi connectivity index (χ0) is 14.7. The molecule has 1 saturated heterocycles. The summed E-state index contributed by atoms with van der Waals surface area (Å²) in [6.07, 6.45) is 9.94. The molecule has 4 rings (SSSR count). The van der Waals surface area contributed by atoms with Crippen molar-refractivity contribution in [2.24, 2.45) is 17.3 Å². The number of hydrogen-bond donors (Lipinski definition) is 0. The van der Waals surface area contributed by atoms with Crippen molar-refractivity contribution >= 4 is 5.97 Å². The second-order valence-electron chi connectivity index (χ2n) is 7.65. The Kier molecular flexibility index (Phi) is 3.01. The average Bonchev–Trinajstić information content (AvgIpc) is 3.18.